The predicted octanol–water partition coefficient (Wildman–Crippen LogP) is 2.34. The quantitative estimate of drug-likeness (QED) is 0.815. The summed E-state index contributed by atoms with van der Waals surface area (Å²) in [6.45, 7) is 4.51. The Hall–Kier alpha value is -0.980. The molecule has 1 fully saturated rings. The van der Waals surface area contributed by atoms with Crippen molar-refractivity contribution in [3.8, 4) is 0 Å². The first-order valence-corrected chi connectivity index (χ1v) is 9.10. The van der Waals surface area contributed by atoms with Gasteiger partial charge < -0.3 is 5.73 Å². The number of rotatable bonds is 5. The van der Waals surface area contributed by atoms with Gasteiger partial charge in [-0.2, -0.15) is 0 Å². The van der Waals surface area contributed by atoms with E-state index in [4.69, 9.17) is 18.0 Å². The van der Waals surface area contributed by atoms with Crippen LogP contribution in [0, 0.1) is 18.8 Å². The van der Waals surface area contributed by atoms with Crippen LogP contribution in [0.3, 0.4) is 0 Å². The number of sulfonamides is 1. The molecule has 0 radical (unpaired) electrons. The van der Waals surface area contributed by atoms with Crippen LogP contribution in [0.1, 0.15) is 37.3 Å². The number of aryl methyl sites for hydroxylation is 1. The van der Waals surface area contributed by atoms with Gasteiger partial charge in [-0.15, -0.1) is 0 Å². The van der Waals surface area contributed by atoms with Gasteiger partial charge in [0.15, 0.2) is 0 Å². The zero-order valence-corrected chi connectivity index (χ0v) is 14.1. The van der Waals surface area contributed by atoms with Crippen LogP contribution in [0.4, 0.5) is 0 Å². The van der Waals surface area contributed by atoms with Crippen LogP contribution in [0.25, 0.3) is 0 Å². The van der Waals surface area contributed by atoms with Crippen molar-refractivity contribution >= 4 is 27.2 Å². The van der Waals surface area contributed by atoms with Crippen molar-refractivity contribution in [3.63, 3.8) is 0 Å². The van der Waals surface area contributed by atoms with Crippen molar-refractivity contribution in [2.45, 2.75) is 38.0 Å². The van der Waals surface area contributed by atoms with Crippen LogP contribution in [0.2, 0.25) is 0 Å². The second kappa shape index (κ2) is 6.42. The first-order chi connectivity index (χ1) is 9.81. The van der Waals surface area contributed by atoms with Crippen LogP contribution < -0.4 is 10.5 Å². The fraction of sp³-hybridized carbons (Fsp3) is 0.533. The highest BCUT2D eigenvalue weighted by atomic mass is 32.2. The van der Waals surface area contributed by atoms with E-state index in [-0.39, 0.29) is 9.88 Å². The molecule has 1 aliphatic carbocycles. The molecular weight excluding hydrogens is 304 g/mol. The van der Waals surface area contributed by atoms with Crippen molar-refractivity contribution in [1.29, 1.82) is 0 Å². The van der Waals surface area contributed by atoms with Gasteiger partial charge in [-0.05, 0) is 42.9 Å². The fourth-order valence-corrected chi connectivity index (χ4v) is 4.31. The summed E-state index contributed by atoms with van der Waals surface area (Å²) in [5.74, 6) is 1.03. The largest absolute Gasteiger partial charge is 0.389 e. The average Bonchev–Trinajstić information content (AvgIpc) is 2.81. The van der Waals surface area contributed by atoms with Crippen LogP contribution in [0.15, 0.2) is 23.1 Å². The minimum absolute atomic E-state index is 0.269. The summed E-state index contributed by atoms with van der Waals surface area (Å²) in [6, 6.07) is 4.85. The molecular formula is C15H22N2O2S2. The van der Waals surface area contributed by atoms with Crippen molar-refractivity contribution < 1.29 is 8.42 Å². The molecule has 0 aromatic heterocycles. The minimum atomic E-state index is -3.47. The second-order valence-corrected chi connectivity index (χ2v) is 8.07. The molecule has 6 heteroatoms. The third-order valence-corrected chi connectivity index (χ3v) is 5.99. The molecule has 1 aromatic rings. The first kappa shape index (κ1) is 16.4. The lowest BCUT2D eigenvalue weighted by Crippen LogP contribution is -2.30. The van der Waals surface area contributed by atoms with Gasteiger partial charge in [0.1, 0.15) is 4.99 Å². The number of thiocarbonyl (C=S) groups is 1. The molecule has 1 aromatic carbocycles. The van der Waals surface area contributed by atoms with Gasteiger partial charge in [-0.25, -0.2) is 13.1 Å². The Bertz CT molecular complexity index is 641. The smallest absolute Gasteiger partial charge is 0.240 e. The molecule has 1 saturated carbocycles. The van der Waals surface area contributed by atoms with Crippen molar-refractivity contribution in [2.24, 2.45) is 17.6 Å². The normalized spacial score (nSPS) is 22.4. The summed E-state index contributed by atoms with van der Waals surface area (Å²) in [5, 5.41) is 0. The molecule has 2 rings (SSSR count). The van der Waals surface area contributed by atoms with E-state index in [0.29, 0.717) is 23.9 Å². The van der Waals surface area contributed by atoms with Gasteiger partial charge in [-0.1, -0.05) is 38.0 Å². The Balaban J connectivity index is 2.12. The number of benzene rings is 1. The Morgan fingerprint density at radius 2 is 2.14 bits per heavy atom. The summed E-state index contributed by atoms with van der Waals surface area (Å²) in [7, 11) is -3.47. The van der Waals surface area contributed by atoms with Crippen molar-refractivity contribution in [3.05, 3.63) is 29.3 Å². The Morgan fingerprint density at radius 1 is 1.43 bits per heavy atom. The van der Waals surface area contributed by atoms with E-state index in [1.165, 1.54) is 12.8 Å². The van der Waals surface area contributed by atoms with E-state index in [0.717, 1.165) is 12.0 Å². The molecule has 0 amide bonds. The number of nitrogens with one attached hydrogen (secondary N) is 1. The van der Waals surface area contributed by atoms with Gasteiger partial charge in [-0.3, -0.25) is 0 Å². The number of hydrogen-bond acceptors (Lipinski definition) is 3. The van der Waals surface area contributed by atoms with E-state index in [1.807, 2.05) is 6.92 Å². The van der Waals surface area contributed by atoms with Gasteiger partial charge in [0, 0.05) is 12.1 Å². The Morgan fingerprint density at radius 3 is 2.67 bits per heavy atom. The number of hydrogen-bond donors (Lipinski definition) is 2. The Labute approximate surface area is 132 Å². The summed E-state index contributed by atoms with van der Waals surface area (Å²) < 4.78 is 27.4. The lowest BCUT2D eigenvalue weighted by Gasteiger charge is -2.16. The summed E-state index contributed by atoms with van der Waals surface area (Å²) in [5.41, 5.74) is 7.09. The maximum Gasteiger partial charge on any atom is 0.240 e. The fourth-order valence-electron chi connectivity index (χ4n) is 2.91. The minimum Gasteiger partial charge on any atom is -0.389 e. The maximum absolute atomic E-state index is 12.4. The average molecular weight is 326 g/mol. The molecule has 4 nitrogen and oxygen atoms in total. The molecule has 3 N–H and O–H groups in total. The molecule has 0 heterocycles. The highest BCUT2D eigenvalue weighted by Gasteiger charge is 2.25. The first-order valence-electron chi connectivity index (χ1n) is 7.21. The topological polar surface area (TPSA) is 72.2 Å². The van der Waals surface area contributed by atoms with E-state index < -0.39 is 10.0 Å². The van der Waals surface area contributed by atoms with E-state index in [2.05, 4.69) is 11.6 Å². The van der Waals surface area contributed by atoms with Crippen molar-refractivity contribution in [1.82, 2.24) is 4.72 Å². The molecule has 1 aliphatic rings. The molecule has 2 unspecified atom stereocenters. The Kier molecular flexibility index (Phi) is 5.01. The van der Waals surface area contributed by atoms with Crippen LogP contribution in [-0.2, 0) is 10.0 Å². The summed E-state index contributed by atoms with van der Waals surface area (Å²) >= 11 is 4.94. The van der Waals surface area contributed by atoms with E-state index >= 15 is 0 Å². The SMILES string of the molecule is Cc1cc(S(=O)(=O)NCC2CCCC2C)ccc1C(N)=S. The van der Waals surface area contributed by atoms with Gasteiger partial charge in [0.05, 0.1) is 4.90 Å². The zero-order valence-electron chi connectivity index (χ0n) is 12.4. The summed E-state index contributed by atoms with van der Waals surface area (Å²) in [4.78, 5) is 0.551. The standard InChI is InChI=1S/C15H22N2O2S2/c1-10-4-3-5-12(10)9-17-21(18,19)13-6-7-14(15(16)20)11(2)8-13/h6-8,10,12,17H,3-5,9H2,1-2H3,(H2,16,20). The highest BCUT2D eigenvalue weighted by Crippen LogP contribution is 2.30. The van der Waals surface area contributed by atoms with Gasteiger partial charge in [0.25, 0.3) is 0 Å². The molecule has 116 valence electrons. The monoisotopic (exact) mass is 326 g/mol. The van der Waals surface area contributed by atoms with Crippen molar-refractivity contribution in [2.75, 3.05) is 6.54 Å². The molecule has 0 bridgehead atoms. The molecule has 21 heavy (non-hydrogen) atoms. The van der Waals surface area contributed by atoms with Gasteiger partial charge >= 0.3 is 0 Å². The third-order valence-electron chi connectivity index (χ3n) is 4.35. The van der Waals surface area contributed by atoms with E-state index in [9.17, 15) is 8.42 Å². The van der Waals surface area contributed by atoms with Crippen LogP contribution >= 0.6 is 12.2 Å². The predicted molar refractivity (Wildman–Crippen MR) is 88.8 cm³/mol. The summed E-state index contributed by atoms with van der Waals surface area (Å²) in [6.07, 6.45) is 3.48. The molecule has 0 aliphatic heterocycles. The second-order valence-electron chi connectivity index (χ2n) is 5.86. The zero-order chi connectivity index (χ0) is 15.6. The van der Waals surface area contributed by atoms with E-state index in [1.54, 1.807) is 18.2 Å². The van der Waals surface area contributed by atoms with Crippen LogP contribution in [-0.4, -0.2) is 20.0 Å². The highest BCUT2D eigenvalue weighted by molar-refractivity contribution is 7.89. The lowest BCUT2D eigenvalue weighted by atomic mass is 9.99. The third kappa shape index (κ3) is 3.81. The molecule has 0 spiro atoms. The van der Waals surface area contributed by atoms with Crippen LogP contribution in [0.5, 0.6) is 0 Å². The lowest BCUT2D eigenvalue weighted by molar-refractivity contribution is 0.414. The number of nitrogens with two attached hydrogens (primary N) is 1. The van der Waals surface area contributed by atoms with Gasteiger partial charge in [0.2, 0.25) is 10.0 Å². The molecule has 2 atom stereocenters. The molecule has 0 saturated heterocycles. The maximum atomic E-state index is 12.4.